The molecule has 0 atom stereocenters. The van der Waals surface area contributed by atoms with E-state index >= 15 is 0 Å². The predicted octanol–water partition coefficient (Wildman–Crippen LogP) is 1.14. The van der Waals surface area contributed by atoms with Gasteiger partial charge in [-0.15, -0.1) is 0 Å². The van der Waals surface area contributed by atoms with Gasteiger partial charge in [-0.25, -0.2) is 0 Å². The second-order valence-corrected chi connectivity index (χ2v) is 3.83. The third-order valence-electron chi connectivity index (χ3n) is 1.56. The van der Waals surface area contributed by atoms with E-state index in [9.17, 15) is 4.79 Å². The van der Waals surface area contributed by atoms with Gasteiger partial charge in [0, 0.05) is 11.1 Å². The highest BCUT2D eigenvalue weighted by atomic mass is 16.3. The van der Waals surface area contributed by atoms with Crippen LogP contribution in [0, 0.1) is 0 Å². The molecule has 1 N–H and O–H groups in total. The Morgan fingerprint density at radius 3 is 2.00 bits per heavy atom. The first-order chi connectivity index (χ1) is 5.30. The van der Waals surface area contributed by atoms with E-state index in [2.05, 4.69) is 6.58 Å². The molecule has 0 aliphatic heterocycles. The highest BCUT2D eigenvalue weighted by molar-refractivity contribution is 5.92. The maximum atomic E-state index is 11.4. The van der Waals surface area contributed by atoms with E-state index < -0.39 is 0 Å². The number of hydrogen-bond donors (Lipinski definition) is 1. The van der Waals surface area contributed by atoms with Crippen LogP contribution >= 0.6 is 0 Å². The smallest absolute Gasteiger partial charge is 0.251 e. The van der Waals surface area contributed by atoms with Crippen LogP contribution < -0.4 is 0 Å². The molecule has 0 aliphatic rings. The topological polar surface area (TPSA) is 40.5 Å². The monoisotopic (exact) mass is 171 g/mol. The Bertz CT molecular complexity index is 191. The van der Waals surface area contributed by atoms with Crippen LogP contribution in [0.3, 0.4) is 0 Å². The van der Waals surface area contributed by atoms with E-state index in [1.807, 2.05) is 20.8 Å². The van der Waals surface area contributed by atoms with Gasteiger partial charge in [0.1, 0.15) is 6.73 Å². The Hall–Kier alpha value is -0.830. The van der Waals surface area contributed by atoms with Crippen LogP contribution in [-0.2, 0) is 4.79 Å². The summed E-state index contributed by atoms with van der Waals surface area (Å²) in [5.41, 5.74) is 0.0871. The van der Waals surface area contributed by atoms with Crippen molar-refractivity contribution in [2.45, 2.75) is 33.2 Å². The van der Waals surface area contributed by atoms with Crippen LogP contribution in [0.25, 0.3) is 0 Å². The molecular formula is C9H17NO2. The van der Waals surface area contributed by atoms with E-state index in [-0.39, 0.29) is 18.2 Å². The molecule has 3 heteroatoms. The summed E-state index contributed by atoms with van der Waals surface area (Å²) in [6.07, 6.45) is 0. The highest BCUT2D eigenvalue weighted by Crippen LogP contribution is 2.14. The van der Waals surface area contributed by atoms with E-state index in [0.29, 0.717) is 5.57 Å². The molecule has 70 valence electrons. The van der Waals surface area contributed by atoms with Crippen molar-refractivity contribution in [1.29, 1.82) is 0 Å². The van der Waals surface area contributed by atoms with E-state index in [1.54, 1.807) is 6.92 Å². The number of carbonyl (C=O) groups is 1. The van der Waals surface area contributed by atoms with Crippen molar-refractivity contribution in [2.24, 2.45) is 0 Å². The normalized spacial score (nSPS) is 11.1. The van der Waals surface area contributed by atoms with Gasteiger partial charge in [-0.05, 0) is 27.7 Å². The maximum absolute atomic E-state index is 11.4. The first-order valence-corrected chi connectivity index (χ1v) is 3.89. The molecule has 3 nitrogen and oxygen atoms in total. The fourth-order valence-electron chi connectivity index (χ4n) is 0.811. The Balaban J connectivity index is 4.58. The largest absolute Gasteiger partial charge is 0.376 e. The Morgan fingerprint density at radius 2 is 1.92 bits per heavy atom. The van der Waals surface area contributed by atoms with Gasteiger partial charge in [-0.2, -0.15) is 0 Å². The molecule has 0 bridgehead atoms. The molecule has 0 radical (unpaired) electrons. The summed E-state index contributed by atoms with van der Waals surface area (Å²) in [6, 6.07) is 0. The molecule has 0 aliphatic carbocycles. The number of carbonyl (C=O) groups excluding carboxylic acids is 1. The van der Waals surface area contributed by atoms with Crippen LogP contribution in [0.1, 0.15) is 27.7 Å². The van der Waals surface area contributed by atoms with Crippen LogP contribution in [0.15, 0.2) is 12.2 Å². The van der Waals surface area contributed by atoms with Gasteiger partial charge < -0.3 is 10.0 Å². The molecule has 0 saturated heterocycles. The third-order valence-corrected chi connectivity index (χ3v) is 1.56. The van der Waals surface area contributed by atoms with Crippen LogP contribution in [0.5, 0.6) is 0 Å². The lowest BCUT2D eigenvalue weighted by molar-refractivity contribution is -0.136. The number of rotatable bonds is 2. The van der Waals surface area contributed by atoms with E-state index in [1.165, 1.54) is 4.90 Å². The van der Waals surface area contributed by atoms with Gasteiger partial charge in [0.25, 0.3) is 5.91 Å². The predicted molar refractivity (Wildman–Crippen MR) is 48.5 cm³/mol. The lowest BCUT2D eigenvalue weighted by Gasteiger charge is -2.33. The summed E-state index contributed by atoms with van der Waals surface area (Å²) in [5.74, 6) is -0.204. The Kier molecular flexibility index (Phi) is 3.46. The maximum Gasteiger partial charge on any atom is 0.251 e. The average molecular weight is 171 g/mol. The molecule has 0 rings (SSSR count). The second-order valence-electron chi connectivity index (χ2n) is 3.83. The minimum Gasteiger partial charge on any atom is -0.376 e. The molecule has 0 aromatic carbocycles. The SMILES string of the molecule is C=C(C)C(=O)N(CO)C(C)(C)C. The van der Waals surface area contributed by atoms with Gasteiger partial charge in [-0.3, -0.25) is 4.79 Å². The standard InChI is InChI=1S/C9H17NO2/c1-7(2)8(12)10(6-11)9(3,4)5/h11H,1,6H2,2-5H3. The first kappa shape index (κ1) is 11.2. The lowest BCUT2D eigenvalue weighted by Crippen LogP contribution is -2.46. The van der Waals surface area contributed by atoms with E-state index in [4.69, 9.17) is 5.11 Å². The minimum absolute atomic E-state index is 0.204. The molecule has 0 aromatic heterocycles. The summed E-state index contributed by atoms with van der Waals surface area (Å²) in [6.45, 7) is 10.5. The zero-order chi connectivity index (χ0) is 9.94. The lowest BCUT2D eigenvalue weighted by atomic mass is 10.1. The van der Waals surface area contributed by atoms with Gasteiger partial charge in [-0.1, -0.05) is 6.58 Å². The van der Waals surface area contributed by atoms with Gasteiger partial charge >= 0.3 is 0 Å². The third kappa shape index (κ3) is 2.66. The van der Waals surface area contributed by atoms with Crippen LogP contribution in [0.2, 0.25) is 0 Å². The van der Waals surface area contributed by atoms with Crippen molar-refractivity contribution >= 4 is 5.91 Å². The molecule has 0 saturated carbocycles. The summed E-state index contributed by atoms with van der Waals surface area (Å²) < 4.78 is 0. The number of aliphatic hydroxyl groups is 1. The molecule has 12 heavy (non-hydrogen) atoms. The van der Waals surface area contributed by atoms with E-state index in [0.717, 1.165) is 0 Å². The molecular weight excluding hydrogens is 154 g/mol. The number of hydrogen-bond acceptors (Lipinski definition) is 2. The zero-order valence-corrected chi connectivity index (χ0v) is 8.22. The van der Waals surface area contributed by atoms with Gasteiger partial charge in [0.15, 0.2) is 0 Å². The molecule has 0 fully saturated rings. The summed E-state index contributed by atoms with van der Waals surface area (Å²) in [7, 11) is 0. The van der Waals surface area contributed by atoms with Crippen molar-refractivity contribution in [2.75, 3.05) is 6.73 Å². The van der Waals surface area contributed by atoms with Crippen molar-refractivity contribution < 1.29 is 9.90 Å². The molecule has 0 aromatic rings. The zero-order valence-electron chi connectivity index (χ0n) is 8.22. The molecule has 0 unspecified atom stereocenters. The summed E-state index contributed by atoms with van der Waals surface area (Å²) >= 11 is 0. The highest BCUT2D eigenvalue weighted by Gasteiger charge is 2.25. The van der Waals surface area contributed by atoms with Crippen molar-refractivity contribution in [3.8, 4) is 0 Å². The number of aliphatic hydroxyl groups excluding tert-OH is 1. The fourth-order valence-corrected chi connectivity index (χ4v) is 0.811. The number of amides is 1. The van der Waals surface area contributed by atoms with Crippen LogP contribution in [0.4, 0.5) is 0 Å². The molecule has 1 amide bonds. The van der Waals surface area contributed by atoms with Crippen molar-refractivity contribution in [3.05, 3.63) is 12.2 Å². The van der Waals surface area contributed by atoms with Crippen LogP contribution in [-0.4, -0.2) is 28.2 Å². The molecule has 0 spiro atoms. The Morgan fingerprint density at radius 1 is 1.50 bits per heavy atom. The van der Waals surface area contributed by atoms with Gasteiger partial charge in [0.2, 0.25) is 0 Å². The minimum atomic E-state index is -0.356. The van der Waals surface area contributed by atoms with Gasteiger partial charge in [0.05, 0.1) is 0 Å². The molecule has 0 heterocycles. The first-order valence-electron chi connectivity index (χ1n) is 3.89. The van der Waals surface area contributed by atoms with Crippen molar-refractivity contribution in [3.63, 3.8) is 0 Å². The fraction of sp³-hybridized carbons (Fsp3) is 0.667. The summed E-state index contributed by atoms with van der Waals surface area (Å²) in [4.78, 5) is 12.8. The number of nitrogens with zero attached hydrogens (tertiary/aromatic N) is 1. The van der Waals surface area contributed by atoms with Crippen molar-refractivity contribution in [1.82, 2.24) is 4.90 Å². The Labute approximate surface area is 73.7 Å². The quantitative estimate of drug-likeness (QED) is 0.500. The summed E-state index contributed by atoms with van der Waals surface area (Å²) in [5, 5.41) is 8.94. The second kappa shape index (κ2) is 3.72. The average Bonchev–Trinajstić information content (AvgIpc) is 1.85.